The van der Waals surface area contributed by atoms with Crippen LogP contribution in [0.4, 0.5) is 10.1 Å². The molecular weight excluding hydrogens is 449 g/mol. The van der Waals surface area contributed by atoms with Gasteiger partial charge in [-0.05, 0) is 43.4 Å². The molecule has 2 fully saturated rings. The van der Waals surface area contributed by atoms with E-state index in [1.807, 2.05) is 35.2 Å². The lowest BCUT2D eigenvalue weighted by molar-refractivity contribution is 0.185. The van der Waals surface area contributed by atoms with Gasteiger partial charge < -0.3 is 21.2 Å². The van der Waals surface area contributed by atoms with Crippen molar-refractivity contribution in [2.75, 3.05) is 30.4 Å². The number of benzene rings is 2. The molecule has 1 saturated heterocycles. The summed E-state index contributed by atoms with van der Waals surface area (Å²) < 4.78 is 23.6. The first kappa shape index (κ1) is 23.4. The van der Waals surface area contributed by atoms with E-state index in [9.17, 15) is 9.59 Å². The number of nitrogen functional groups attached to an aromatic ring is 1. The van der Waals surface area contributed by atoms with Crippen molar-refractivity contribution >= 4 is 16.6 Å². The maximum Gasteiger partial charge on any atom is 0.350 e. The second-order valence-corrected chi connectivity index (χ2v) is 10.6. The van der Waals surface area contributed by atoms with Crippen molar-refractivity contribution in [3.8, 4) is 5.75 Å². The number of fused-ring (bicyclic) bond motifs is 1. The Morgan fingerprint density at radius 3 is 2.54 bits per heavy atom. The number of aromatic nitrogens is 2. The Labute approximate surface area is 202 Å². The summed E-state index contributed by atoms with van der Waals surface area (Å²) in [7, 11) is 0. The van der Waals surface area contributed by atoms with Crippen LogP contribution in [0, 0.1) is 24.1 Å². The van der Waals surface area contributed by atoms with Gasteiger partial charge >= 0.3 is 5.69 Å². The molecule has 0 bridgehead atoms. The van der Waals surface area contributed by atoms with E-state index in [0.29, 0.717) is 41.1 Å². The third kappa shape index (κ3) is 3.97. The van der Waals surface area contributed by atoms with Crippen molar-refractivity contribution in [3.05, 3.63) is 68.6 Å². The van der Waals surface area contributed by atoms with Gasteiger partial charge in [-0.3, -0.25) is 9.36 Å². The molecule has 1 aliphatic heterocycles. The molecule has 2 atom stereocenters. The fourth-order valence-electron chi connectivity index (χ4n) is 5.59. The summed E-state index contributed by atoms with van der Waals surface area (Å²) in [6, 6.07) is 10.5. The predicted octanol–water partition coefficient (Wildman–Crippen LogP) is 2.53. The maximum absolute atomic E-state index is 15.6. The summed E-state index contributed by atoms with van der Waals surface area (Å²) in [5.41, 5.74) is 6.59. The number of aryl methyl sites for hydroxylation is 1. The Morgan fingerprint density at radius 2 is 1.89 bits per heavy atom. The first-order chi connectivity index (χ1) is 16.6. The highest BCUT2D eigenvalue weighted by atomic mass is 19.1. The summed E-state index contributed by atoms with van der Waals surface area (Å²) in [6.45, 7) is 7.50. The van der Waals surface area contributed by atoms with Crippen molar-refractivity contribution in [2.24, 2.45) is 17.1 Å². The molecular formula is C26H32FN5O3. The summed E-state index contributed by atoms with van der Waals surface area (Å²) in [5.74, 6) is 6.05. The molecule has 3 aromatic rings. The van der Waals surface area contributed by atoms with Crippen LogP contribution in [0.2, 0.25) is 0 Å². The highest BCUT2D eigenvalue weighted by molar-refractivity contribution is 5.87. The molecule has 35 heavy (non-hydrogen) atoms. The summed E-state index contributed by atoms with van der Waals surface area (Å²) >= 11 is 0. The van der Waals surface area contributed by atoms with Gasteiger partial charge in [-0.15, -0.1) is 0 Å². The van der Waals surface area contributed by atoms with Crippen LogP contribution in [-0.2, 0) is 0 Å². The number of nitrogens with zero attached hydrogens (tertiary/aromatic N) is 3. The second kappa shape index (κ2) is 8.41. The molecule has 2 aliphatic rings. The number of nitrogens with two attached hydrogens (primary N) is 2. The van der Waals surface area contributed by atoms with Gasteiger partial charge in [-0.1, -0.05) is 32.0 Å². The molecule has 0 radical (unpaired) electrons. The molecule has 2 heterocycles. The van der Waals surface area contributed by atoms with Crippen LogP contribution in [0.1, 0.15) is 38.3 Å². The van der Waals surface area contributed by atoms with Crippen LogP contribution in [0.25, 0.3) is 10.9 Å². The number of rotatable bonds is 6. The Hall–Kier alpha value is -3.33. The lowest BCUT2D eigenvalue weighted by atomic mass is 9.78. The predicted molar refractivity (Wildman–Crippen MR) is 135 cm³/mol. The Bertz CT molecular complexity index is 1390. The van der Waals surface area contributed by atoms with E-state index in [4.69, 9.17) is 16.3 Å². The summed E-state index contributed by atoms with van der Waals surface area (Å²) in [5, 5.41) is 0.126. The Kier molecular flexibility index (Phi) is 5.62. The minimum atomic E-state index is -0.685. The standard InChI is InChI=1S/C26H32FN5O3/c1-15-22-18(24(33)32(29)25(34)31(22)16-9-10-16)11-20(27)23(15)30-12-19(26(2,3)14-30)21(28)13-35-17-7-5-4-6-8-17/h4-8,11,16,19,21H,9-10,12-14,28-29H2,1-3H3/t19-,21-/m0/s1. The molecule has 5 rings (SSSR count). The third-order valence-corrected chi connectivity index (χ3v) is 7.52. The molecule has 1 aromatic heterocycles. The molecule has 0 unspecified atom stereocenters. The Balaban J connectivity index is 1.51. The fourth-order valence-corrected chi connectivity index (χ4v) is 5.59. The molecule has 1 saturated carbocycles. The zero-order chi connectivity index (χ0) is 25.1. The SMILES string of the molecule is Cc1c(N2C[C@@H]([C@@H](N)COc3ccccc3)C(C)(C)C2)c(F)cc2c(=O)n(N)c(=O)n(C3CC3)c12. The van der Waals surface area contributed by atoms with Gasteiger partial charge in [0.2, 0.25) is 0 Å². The van der Waals surface area contributed by atoms with Crippen molar-refractivity contribution in [3.63, 3.8) is 0 Å². The van der Waals surface area contributed by atoms with E-state index in [-0.39, 0.29) is 28.8 Å². The number of halogens is 1. The molecule has 1 aliphatic carbocycles. The molecule has 4 N–H and O–H groups in total. The summed E-state index contributed by atoms with van der Waals surface area (Å²) in [4.78, 5) is 27.6. The molecule has 8 nitrogen and oxygen atoms in total. The number of hydrogen-bond acceptors (Lipinski definition) is 6. The van der Waals surface area contributed by atoms with Crippen molar-refractivity contribution in [2.45, 2.75) is 45.7 Å². The highest BCUT2D eigenvalue weighted by Crippen LogP contribution is 2.43. The normalized spacial score (nSPS) is 20.4. The first-order valence-corrected chi connectivity index (χ1v) is 12.0. The average molecular weight is 482 g/mol. The lowest BCUT2D eigenvalue weighted by Gasteiger charge is -2.30. The van der Waals surface area contributed by atoms with Crippen LogP contribution in [0.5, 0.6) is 5.75 Å². The van der Waals surface area contributed by atoms with Crippen molar-refractivity contribution < 1.29 is 9.13 Å². The third-order valence-electron chi connectivity index (χ3n) is 7.52. The zero-order valence-corrected chi connectivity index (χ0v) is 20.3. The first-order valence-electron chi connectivity index (χ1n) is 12.0. The largest absolute Gasteiger partial charge is 0.492 e. The van der Waals surface area contributed by atoms with E-state index < -0.39 is 17.1 Å². The van der Waals surface area contributed by atoms with Crippen molar-refractivity contribution in [1.29, 1.82) is 0 Å². The monoisotopic (exact) mass is 481 g/mol. The molecule has 2 aromatic carbocycles. The maximum atomic E-state index is 15.6. The van der Waals surface area contributed by atoms with E-state index in [1.54, 1.807) is 11.5 Å². The highest BCUT2D eigenvalue weighted by Gasteiger charge is 2.44. The average Bonchev–Trinajstić information content (AvgIpc) is 3.60. The number of anilines is 1. The van der Waals surface area contributed by atoms with Crippen LogP contribution < -0.4 is 32.5 Å². The lowest BCUT2D eigenvalue weighted by Crippen LogP contribution is -2.44. The van der Waals surface area contributed by atoms with Gasteiger partial charge in [-0.25, -0.2) is 9.18 Å². The van der Waals surface area contributed by atoms with E-state index in [2.05, 4.69) is 13.8 Å². The fraction of sp³-hybridized carbons (Fsp3) is 0.462. The van der Waals surface area contributed by atoms with E-state index in [0.717, 1.165) is 18.6 Å². The van der Waals surface area contributed by atoms with Crippen LogP contribution >= 0.6 is 0 Å². The van der Waals surface area contributed by atoms with Gasteiger partial charge in [0, 0.05) is 36.7 Å². The van der Waals surface area contributed by atoms with Crippen LogP contribution in [0.3, 0.4) is 0 Å². The molecule has 186 valence electrons. The van der Waals surface area contributed by atoms with Gasteiger partial charge in [-0.2, -0.15) is 4.68 Å². The minimum absolute atomic E-state index is 0.0243. The van der Waals surface area contributed by atoms with E-state index >= 15 is 4.39 Å². The van der Waals surface area contributed by atoms with Gasteiger partial charge in [0.1, 0.15) is 18.2 Å². The van der Waals surface area contributed by atoms with E-state index in [1.165, 1.54) is 6.07 Å². The molecule has 0 amide bonds. The summed E-state index contributed by atoms with van der Waals surface area (Å²) in [6.07, 6.45) is 1.66. The zero-order valence-electron chi connectivity index (χ0n) is 20.3. The number of hydrogen-bond donors (Lipinski definition) is 2. The topological polar surface area (TPSA) is 109 Å². The van der Waals surface area contributed by atoms with Gasteiger partial charge in [0.05, 0.1) is 16.6 Å². The number of ether oxygens (including phenoxy) is 1. The van der Waals surface area contributed by atoms with Crippen molar-refractivity contribution in [1.82, 2.24) is 9.24 Å². The Morgan fingerprint density at radius 1 is 1.20 bits per heavy atom. The van der Waals surface area contributed by atoms with Gasteiger partial charge in [0.15, 0.2) is 0 Å². The molecule has 9 heteroatoms. The quantitative estimate of drug-likeness (QED) is 0.524. The smallest absolute Gasteiger partial charge is 0.350 e. The van der Waals surface area contributed by atoms with Crippen LogP contribution in [0.15, 0.2) is 46.0 Å². The minimum Gasteiger partial charge on any atom is -0.492 e. The van der Waals surface area contributed by atoms with Crippen LogP contribution in [-0.4, -0.2) is 35.0 Å². The number of para-hydroxylation sites is 1. The second-order valence-electron chi connectivity index (χ2n) is 10.6. The van der Waals surface area contributed by atoms with Gasteiger partial charge in [0.25, 0.3) is 5.56 Å². The molecule has 0 spiro atoms.